The van der Waals surface area contributed by atoms with E-state index in [1.54, 1.807) is 23.2 Å². The van der Waals surface area contributed by atoms with Crippen molar-refractivity contribution < 1.29 is 27.5 Å². The third-order valence-corrected chi connectivity index (χ3v) is 7.53. The second-order valence-electron chi connectivity index (χ2n) is 9.88. The minimum atomic E-state index is -4.18. The Morgan fingerprint density at radius 3 is 2.51 bits per heavy atom. The topological polar surface area (TPSA) is 74.8 Å². The van der Waals surface area contributed by atoms with E-state index in [1.807, 2.05) is 0 Å². The molecule has 0 aromatic carbocycles. The van der Waals surface area contributed by atoms with E-state index in [1.165, 1.54) is 12.8 Å². The third-order valence-electron chi connectivity index (χ3n) is 7.53. The summed E-state index contributed by atoms with van der Waals surface area (Å²) in [6.45, 7) is 4.28. The number of amides is 2. The predicted octanol–water partition coefficient (Wildman–Crippen LogP) is 3.65. The zero-order chi connectivity index (χ0) is 24.8. The van der Waals surface area contributed by atoms with Crippen molar-refractivity contribution in [2.75, 3.05) is 39.3 Å². The Kier molecular flexibility index (Phi) is 8.51. The highest BCUT2D eigenvalue weighted by Gasteiger charge is 2.44. The number of nitrogens with zero attached hydrogens (tertiary/aromatic N) is 3. The van der Waals surface area contributed by atoms with Crippen LogP contribution in [-0.4, -0.2) is 78.1 Å². The number of carbonyl (C=O) groups is 2. The molecule has 10 heteroatoms. The number of carbonyl (C=O) groups excluding carboxylic acids is 2. The van der Waals surface area contributed by atoms with Crippen molar-refractivity contribution in [3.8, 4) is 5.75 Å². The quantitative estimate of drug-likeness (QED) is 0.595. The lowest BCUT2D eigenvalue weighted by molar-refractivity contribution is -0.185. The Labute approximate surface area is 204 Å². The predicted molar refractivity (Wildman–Crippen MR) is 124 cm³/mol. The van der Waals surface area contributed by atoms with Crippen molar-refractivity contribution in [2.24, 2.45) is 11.8 Å². The molecular weight excluding hydrogens is 461 g/mol. The summed E-state index contributed by atoms with van der Waals surface area (Å²) in [6, 6.07) is 3.24. The molecule has 2 aliphatic heterocycles. The fraction of sp³-hybridized carbons (Fsp3) is 0.720. The normalized spacial score (nSPS) is 25.6. The largest absolute Gasteiger partial charge is 0.489 e. The summed E-state index contributed by atoms with van der Waals surface area (Å²) in [5.41, 5.74) is 0.218. The molecule has 35 heavy (non-hydrogen) atoms. The molecule has 0 unspecified atom stereocenters. The van der Waals surface area contributed by atoms with Gasteiger partial charge in [0.15, 0.2) is 11.4 Å². The van der Waals surface area contributed by atoms with Crippen molar-refractivity contribution in [1.29, 1.82) is 0 Å². The molecule has 1 saturated carbocycles. The number of alkyl halides is 3. The molecule has 0 radical (unpaired) electrons. The van der Waals surface area contributed by atoms with E-state index >= 15 is 0 Å². The van der Waals surface area contributed by atoms with Gasteiger partial charge in [-0.2, -0.15) is 13.2 Å². The number of hydrogen-bond acceptors (Lipinski definition) is 5. The lowest BCUT2D eigenvalue weighted by Crippen LogP contribution is -2.44. The standard InChI is InChI=1S/C25H35F3N4O3/c26-25(27,28)19-9-7-18(8-10-19)24(34)32-15-4-5-20(32)17-35-21-6-3-11-29-22(21)23(33)30-12-16-31-13-1-2-14-31/h3,6,11,18-20H,1-2,4-5,7-10,12-17H2,(H,30,33)/t18?,19?,20-/m1/s1. The summed E-state index contributed by atoms with van der Waals surface area (Å²) in [7, 11) is 0. The van der Waals surface area contributed by atoms with E-state index in [2.05, 4.69) is 15.2 Å². The van der Waals surface area contributed by atoms with Crippen LogP contribution in [0.5, 0.6) is 5.75 Å². The fourth-order valence-corrected chi connectivity index (χ4v) is 5.48. The van der Waals surface area contributed by atoms with Gasteiger partial charge in [-0.1, -0.05) is 0 Å². The zero-order valence-electron chi connectivity index (χ0n) is 20.1. The smallest absolute Gasteiger partial charge is 0.391 e. The van der Waals surface area contributed by atoms with Gasteiger partial charge in [-0.3, -0.25) is 9.59 Å². The van der Waals surface area contributed by atoms with Crippen LogP contribution in [0, 0.1) is 11.8 Å². The Morgan fingerprint density at radius 1 is 1.06 bits per heavy atom. The molecule has 1 aromatic heterocycles. The van der Waals surface area contributed by atoms with Crippen molar-refractivity contribution in [3.05, 3.63) is 24.0 Å². The van der Waals surface area contributed by atoms with Gasteiger partial charge < -0.3 is 19.9 Å². The lowest BCUT2D eigenvalue weighted by Gasteiger charge is -2.33. The summed E-state index contributed by atoms with van der Waals surface area (Å²) in [4.78, 5) is 34.1. The SMILES string of the molecule is O=C(NCCN1CCCC1)c1ncccc1OC[C@H]1CCCN1C(=O)C1CCC(C(F)(F)F)CC1. The van der Waals surface area contributed by atoms with Crippen molar-refractivity contribution in [2.45, 2.75) is 63.6 Å². The Hall–Kier alpha value is -2.36. The minimum Gasteiger partial charge on any atom is -0.489 e. The molecule has 1 atom stereocenters. The lowest BCUT2D eigenvalue weighted by atomic mass is 9.81. The molecular formula is C25H35F3N4O3. The minimum absolute atomic E-state index is 0.0147. The fourth-order valence-electron chi connectivity index (χ4n) is 5.48. The number of nitrogens with one attached hydrogen (secondary N) is 1. The first-order chi connectivity index (χ1) is 16.8. The highest BCUT2D eigenvalue weighted by molar-refractivity contribution is 5.94. The molecule has 0 bridgehead atoms. The molecule has 1 aliphatic carbocycles. The maximum Gasteiger partial charge on any atom is 0.391 e. The van der Waals surface area contributed by atoms with Gasteiger partial charge in [0.25, 0.3) is 5.91 Å². The van der Waals surface area contributed by atoms with Crippen molar-refractivity contribution in [3.63, 3.8) is 0 Å². The van der Waals surface area contributed by atoms with Crippen LogP contribution in [0.25, 0.3) is 0 Å². The number of likely N-dealkylation sites (tertiary alicyclic amines) is 2. The molecule has 3 aliphatic rings. The molecule has 2 amide bonds. The van der Waals surface area contributed by atoms with Gasteiger partial charge in [0.1, 0.15) is 6.61 Å². The summed E-state index contributed by atoms with van der Waals surface area (Å²) < 4.78 is 44.9. The molecule has 1 aromatic rings. The van der Waals surface area contributed by atoms with Gasteiger partial charge in [-0.15, -0.1) is 0 Å². The van der Waals surface area contributed by atoms with E-state index in [4.69, 9.17) is 4.74 Å². The molecule has 7 nitrogen and oxygen atoms in total. The van der Waals surface area contributed by atoms with E-state index in [9.17, 15) is 22.8 Å². The summed E-state index contributed by atoms with van der Waals surface area (Å²) in [5, 5.41) is 2.91. The average molecular weight is 497 g/mol. The van der Waals surface area contributed by atoms with Crippen LogP contribution in [0.15, 0.2) is 18.3 Å². The maximum absolute atomic E-state index is 13.1. The van der Waals surface area contributed by atoms with Crippen LogP contribution in [-0.2, 0) is 4.79 Å². The summed E-state index contributed by atoms with van der Waals surface area (Å²) in [6.07, 6.45) is 1.93. The summed E-state index contributed by atoms with van der Waals surface area (Å²) >= 11 is 0. The van der Waals surface area contributed by atoms with E-state index in [-0.39, 0.29) is 61.8 Å². The molecule has 1 N–H and O–H groups in total. The van der Waals surface area contributed by atoms with Gasteiger partial charge >= 0.3 is 6.18 Å². The monoisotopic (exact) mass is 496 g/mol. The van der Waals surface area contributed by atoms with Crippen molar-refractivity contribution in [1.82, 2.24) is 20.1 Å². The highest BCUT2D eigenvalue weighted by atomic mass is 19.4. The number of halogens is 3. The first kappa shape index (κ1) is 25.7. The molecule has 3 heterocycles. The molecule has 194 valence electrons. The second kappa shape index (κ2) is 11.6. The van der Waals surface area contributed by atoms with Gasteiger partial charge in [0.2, 0.25) is 5.91 Å². The van der Waals surface area contributed by atoms with Gasteiger partial charge in [-0.05, 0) is 76.6 Å². The first-order valence-corrected chi connectivity index (χ1v) is 12.8. The number of aromatic nitrogens is 1. The first-order valence-electron chi connectivity index (χ1n) is 12.8. The number of rotatable bonds is 8. The zero-order valence-corrected chi connectivity index (χ0v) is 20.1. The Bertz CT molecular complexity index is 868. The van der Waals surface area contributed by atoms with Crippen LogP contribution in [0.1, 0.15) is 61.9 Å². The van der Waals surface area contributed by atoms with Crippen LogP contribution >= 0.6 is 0 Å². The summed E-state index contributed by atoms with van der Waals surface area (Å²) in [5.74, 6) is -1.64. The van der Waals surface area contributed by atoms with Gasteiger partial charge in [0, 0.05) is 31.7 Å². The van der Waals surface area contributed by atoms with E-state index < -0.39 is 12.1 Å². The number of ether oxygens (including phenoxy) is 1. The number of hydrogen-bond donors (Lipinski definition) is 1. The molecule has 0 spiro atoms. The van der Waals surface area contributed by atoms with Crippen molar-refractivity contribution >= 4 is 11.8 Å². The average Bonchev–Trinajstić information content (AvgIpc) is 3.54. The number of pyridine rings is 1. The van der Waals surface area contributed by atoms with Crippen LogP contribution in [0.2, 0.25) is 0 Å². The molecule has 3 fully saturated rings. The maximum atomic E-state index is 13.1. The third kappa shape index (κ3) is 6.65. The molecule has 2 saturated heterocycles. The highest BCUT2D eigenvalue weighted by Crippen LogP contribution is 2.40. The second-order valence-corrected chi connectivity index (χ2v) is 9.88. The van der Waals surface area contributed by atoms with E-state index in [0.717, 1.165) is 32.5 Å². The Balaban J connectivity index is 1.28. The van der Waals surface area contributed by atoms with Crippen LogP contribution in [0.3, 0.4) is 0 Å². The van der Waals surface area contributed by atoms with Gasteiger partial charge in [0.05, 0.1) is 12.0 Å². The van der Waals surface area contributed by atoms with Crippen LogP contribution < -0.4 is 10.1 Å². The van der Waals surface area contributed by atoms with Crippen LogP contribution in [0.4, 0.5) is 13.2 Å². The Morgan fingerprint density at radius 2 is 1.80 bits per heavy atom. The van der Waals surface area contributed by atoms with Gasteiger partial charge in [-0.25, -0.2) is 4.98 Å². The van der Waals surface area contributed by atoms with E-state index in [0.29, 0.717) is 18.8 Å². The molecule has 4 rings (SSSR count).